The standard InChI is InChI=1S/C15H24N2O4S/c1-12(2)4-9-15(18)17-13-5-7-14(8-6-13)22(19,20)16-10-11-21-3/h5-8,12,16H,4,9-11H2,1-3H3,(H,17,18). The van der Waals surface area contributed by atoms with Crippen molar-refractivity contribution in [3.8, 4) is 0 Å². The van der Waals surface area contributed by atoms with Crippen molar-refractivity contribution in [3.05, 3.63) is 24.3 Å². The van der Waals surface area contributed by atoms with E-state index in [1.165, 1.54) is 19.2 Å². The zero-order chi connectivity index (χ0) is 16.6. The van der Waals surface area contributed by atoms with Crippen LogP contribution in [-0.2, 0) is 19.6 Å². The van der Waals surface area contributed by atoms with Crippen LogP contribution in [0.15, 0.2) is 29.2 Å². The summed E-state index contributed by atoms with van der Waals surface area (Å²) < 4.78 is 31.2. The maximum absolute atomic E-state index is 12.0. The van der Waals surface area contributed by atoms with Crippen molar-refractivity contribution in [2.24, 2.45) is 5.92 Å². The molecule has 0 heterocycles. The number of hydrogen-bond acceptors (Lipinski definition) is 4. The molecule has 0 saturated carbocycles. The van der Waals surface area contributed by atoms with Crippen molar-refractivity contribution >= 4 is 21.6 Å². The fraction of sp³-hybridized carbons (Fsp3) is 0.533. The molecule has 1 aromatic carbocycles. The van der Waals surface area contributed by atoms with Crippen LogP contribution in [0.5, 0.6) is 0 Å². The van der Waals surface area contributed by atoms with Crippen molar-refractivity contribution < 1.29 is 17.9 Å². The molecule has 1 aromatic rings. The van der Waals surface area contributed by atoms with E-state index in [2.05, 4.69) is 23.9 Å². The molecule has 1 amide bonds. The molecule has 0 aliphatic rings. The number of benzene rings is 1. The zero-order valence-electron chi connectivity index (χ0n) is 13.3. The molecular formula is C15H24N2O4S. The van der Waals surface area contributed by atoms with Gasteiger partial charge in [-0.25, -0.2) is 13.1 Å². The summed E-state index contributed by atoms with van der Waals surface area (Å²) in [6.45, 7) is 4.64. The van der Waals surface area contributed by atoms with Gasteiger partial charge in [0.25, 0.3) is 0 Å². The Labute approximate surface area is 132 Å². The Balaban J connectivity index is 2.60. The van der Waals surface area contributed by atoms with Crippen molar-refractivity contribution in [3.63, 3.8) is 0 Å². The lowest BCUT2D eigenvalue weighted by molar-refractivity contribution is -0.116. The molecule has 0 fully saturated rings. The number of ether oxygens (including phenoxy) is 1. The van der Waals surface area contributed by atoms with E-state index in [4.69, 9.17) is 4.74 Å². The summed E-state index contributed by atoms with van der Waals surface area (Å²) >= 11 is 0. The molecule has 22 heavy (non-hydrogen) atoms. The molecule has 0 aliphatic heterocycles. The maximum Gasteiger partial charge on any atom is 0.240 e. The molecule has 0 aliphatic carbocycles. The number of nitrogens with one attached hydrogen (secondary N) is 2. The Bertz CT molecular complexity index is 568. The van der Waals surface area contributed by atoms with Crippen LogP contribution >= 0.6 is 0 Å². The molecule has 1 rings (SSSR count). The summed E-state index contributed by atoms with van der Waals surface area (Å²) in [5, 5.41) is 2.75. The van der Waals surface area contributed by atoms with Crippen molar-refractivity contribution in [1.82, 2.24) is 4.72 Å². The van der Waals surface area contributed by atoms with E-state index in [1.54, 1.807) is 12.1 Å². The van der Waals surface area contributed by atoms with Crippen LogP contribution in [0.25, 0.3) is 0 Å². The molecule has 0 aromatic heterocycles. The van der Waals surface area contributed by atoms with E-state index in [0.29, 0.717) is 24.6 Å². The van der Waals surface area contributed by atoms with Gasteiger partial charge in [-0.3, -0.25) is 4.79 Å². The number of sulfonamides is 1. The first-order chi connectivity index (χ1) is 10.3. The highest BCUT2D eigenvalue weighted by atomic mass is 32.2. The van der Waals surface area contributed by atoms with Crippen LogP contribution in [0.3, 0.4) is 0 Å². The minimum Gasteiger partial charge on any atom is -0.383 e. The summed E-state index contributed by atoms with van der Waals surface area (Å²) in [6, 6.07) is 6.09. The molecule has 124 valence electrons. The monoisotopic (exact) mass is 328 g/mol. The first-order valence-electron chi connectivity index (χ1n) is 7.23. The van der Waals surface area contributed by atoms with Crippen molar-refractivity contribution in [2.75, 3.05) is 25.6 Å². The van der Waals surface area contributed by atoms with E-state index in [0.717, 1.165) is 6.42 Å². The smallest absolute Gasteiger partial charge is 0.240 e. The van der Waals surface area contributed by atoms with Gasteiger partial charge in [0.05, 0.1) is 11.5 Å². The lowest BCUT2D eigenvalue weighted by atomic mass is 10.1. The lowest BCUT2D eigenvalue weighted by Gasteiger charge is -2.09. The molecule has 2 N–H and O–H groups in total. The van der Waals surface area contributed by atoms with E-state index >= 15 is 0 Å². The Morgan fingerprint density at radius 2 is 1.86 bits per heavy atom. The number of methoxy groups -OCH3 is 1. The third-order valence-corrected chi connectivity index (χ3v) is 4.47. The quantitative estimate of drug-likeness (QED) is 0.679. The Morgan fingerprint density at radius 1 is 1.23 bits per heavy atom. The van der Waals surface area contributed by atoms with Crippen LogP contribution < -0.4 is 10.0 Å². The largest absolute Gasteiger partial charge is 0.383 e. The van der Waals surface area contributed by atoms with Gasteiger partial charge in [-0.1, -0.05) is 13.8 Å². The van der Waals surface area contributed by atoms with Crippen LogP contribution in [0, 0.1) is 5.92 Å². The van der Waals surface area contributed by atoms with Crippen LogP contribution in [0.2, 0.25) is 0 Å². The van der Waals surface area contributed by atoms with Crippen LogP contribution in [0.1, 0.15) is 26.7 Å². The third-order valence-electron chi connectivity index (χ3n) is 3.00. The predicted molar refractivity (Wildman–Crippen MR) is 86.2 cm³/mol. The summed E-state index contributed by atoms with van der Waals surface area (Å²) in [5.41, 5.74) is 0.588. The van der Waals surface area contributed by atoms with Crippen molar-refractivity contribution in [2.45, 2.75) is 31.6 Å². The highest BCUT2D eigenvalue weighted by molar-refractivity contribution is 7.89. The minimum absolute atomic E-state index is 0.0671. The van der Waals surface area contributed by atoms with E-state index < -0.39 is 10.0 Å². The summed E-state index contributed by atoms with van der Waals surface area (Å²) in [5.74, 6) is 0.402. The SMILES string of the molecule is COCCNS(=O)(=O)c1ccc(NC(=O)CCC(C)C)cc1. The van der Waals surface area contributed by atoms with Gasteiger partial charge in [0.2, 0.25) is 15.9 Å². The third kappa shape index (κ3) is 6.55. The Hall–Kier alpha value is -1.44. The second kappa shape index (κ2) is 8.87. The number of anilines is 1. The molecule has 0 unspecified atom stereocenters. The number of amides is 1. The van der Waals surface area contributed by atoms with Crippen LogP contribution in [-0.4, -0.2) is 34.6 Å². The number of rotatable bonds is 9. The second-order valence-corrected chi connectivity index (χ2v) is 7.16. The average molecular weight is 328 g/mol. The molecule has 0 atom stereocenters. The van der Waals surface area contributed by atoms with E-state index in [-0.39, 0.29) is 17.3 Å². The highest BCUT2D eigenvalue weighted by Gasteiger charge is 2.13. The zero-order valence-corrected chi connectivity index (χ0v) is 14.1. The van der Waals surface area contributed by atoms with E-state index in [9.17, 15) is 13.2 Å². The maximum atomic E-state index is 12.0. The number of hydrogen-bond donors (Lipinski definition) is 2. The van der Waals surface area contributed by atoms with Gasteiger partial charge < -0.3 is 10.1 Å². The first-order valence-corrected chi connectivity index (χ1v) is 8.72. The highest BCUT2D eigenvalue weighted by Crippen LogP contribution is 2.14. The number of carbonyl (C=O) groups excluding carboxylic acids is 1. The Kier molecular flexibility index (Phi) is 7.50. The molecule has 0 saturated heterocycles. The van der Waals surface area contributed by atoms with Gasteiger partial charge in [-0.15, -0.1) is 0 Å². The predicted octanol–water partition coefficient (Wildman–Crippen LogP) is 1.99. The van der Waals surface area contributed by atoms with Gasteiger partial charge in [0.1, 0.15) is 0 Å². The topological polar surface area (TPSA) is 84.5 Å². The second-order valence-electron chi connectivity index (χ2n) is 5.40. The molecule has 0 spiro atoms. The minimum atomic E-state index is -3.54. The normalized spacial score (nSPS) is 11.6. The first kappa shape index (κ1) is 18.6. The van der Waals surface area contributed by atoms with Gasteiger partial charge in [-0.05, 0) is 36.6 Å². The fourth-order valence-corrected chi connectivity index (χ4v) is 2.74. The lowest BCUT2D eigenvalue weighted by Crippen LogP contribution is -2.27. The Morgan fingerprint density at radius 3 is 2.41 bits per heavy atom. The molecule has 0 radical (unpaired) electrons. The molecule has 6 nitrogen and oxygen atoms in total. The van der Waals surface area contributed by atoms with Crippen molar-refractivity contribution in [1.29, 1.82) is 0 Å². The molecule has 0 bridgehead atoms. The average Bonchev–Trinajstić information content (AvgIpc) is 2.46. The summed E-state index contributed by atoms with van der Waals surface area (Å²) in [7, 11) is -2.04. The summed E-state index contributed by atoms with van der Waals surface area (Å²) in [4.78, 5) is 11.9. The number of carbonyl (C=O) groups is 1. The van der Waals surface area contributed by atoms with Crippen LogP contribution in [0.4, 0.5) is 5.69 Å². The van der Waals surface area contributed by atoms with Gasteiger partial charge in [0, 0.05) is 25.8 Å². The molecular weight excluding hydrogens is 304 g/mol. The van der Waals surface area contributed by atoms with E-state index in [1.807, 2.05) is 0 Å². The van der Waals surface area contributed by atoms with Gasteiger partial charge in [-0.2, -0.15) is 0 Å². The molecule has 7 heteroatoms. The summed E-state index contributed by atoms with van der Waals surface area (Å²) in [6.07, 6.45) is 1.28. The fourth-order valence-electron chi connectivity index (χ4n) is 1.72. The van der Waals surface area contributed by atoms with Gasteiger partial charge in [0.15, 0.2) is 0 Å². The van der Waals surface area contributed by atoms with Gasteiger partial charge >= 0.3 is 0 Å².